The molecule has 0 unspecified atom stereocenters. The fraction of sp³-hybridized carbons (Fsp3) is 0. The van der Waals surface area contributed by atoms with E-state index >= 15 is 0 Å². The molecule has 0 atom stereocenters. The van der Waals surface area contributed by atoms with Crippen LogP contribution in [0.3, 0.4) is 0 Å². The van der Waals surface area contributed by atoms with Gasteiger partial charge in [-0.2, -0.15) is 4.40 Å². The molecule has 0 saturated heterocycles. The number of aromatic nitrogens is 1. The van der Waals surface area contributed by atoms with Gasteiger partial charge in [0.2, 0.25) is 5.52 Å². The van der Waals surface area contributed by atoms with E-state index in [4.69, 9.17) is 0 Å². The average Bonchev–Trinajstić information content (AvgIpc) is 2.44. The van der Waals surface area contributed by atoms with Crippen LogP contribution in [-0.4, -0.2) is 0 Å². The minimum absolute atomic E-state index is 1.23. The van der Waals surface area contributed by atoms with Crippen LogP contribution in [0, 0.1) is 0 Å². The fourth-order valence-corrected chi connectivity index (χ4v) is 1.99. The second-order valence-corrected chi connectivity index (χ2v) is 6.66. The minimum Gasteiger partial charge on any atom is -0.167 e. The summed E-state index contributed by atoms with van der Waals surface area (Å²) >= 11 is 0. The molecular formula is C15H12F6NP. The molecule has 0 radical (unpaired) electrons. The molecule has 0 spiro atoms. The number of nitrogens with zero attached hydrogens (tertiary/aromatic N) is 1. The Hall–Kier alpha value is -2.14. The second-order valence-electron chi connectivity index (χ2n) is 4.74. The third-order valence-electron chi connectivity index (χ3n) is 2.76. The van der Waals surface area contributed by atoms with Gasteiger partial charge in [0.25, 0.3) is 0 Å². The third kappa shape index (κ3) is 6.65. The molecule has 1 aromatic carbocycles. The van der Waals surface area contributed by atoms with Crippen molar-refractivity contribution < 1.29 is 29.6 Å². The van der Waals surface area contributed by atoms with Crippen molar-refractivity contribution in [3.63, 3.8) is 0 Å². The van der Waals surface area contributed by atoms with Gasteiger partial charge in [0, 0.05) is 18.2 Å². The van der Waals surface area contributed by atoms with E-state index in [1.54, 1.807) is 0 Å². The van der Waals surface area contributed by atoms with Crippen molar-refractivity contribution in [3.8, 4) is 11.1 Å². The standard InChI is InChI=1S/C15H12N.F6P/c1-2-7-13(8-3-1)14-9-6-12-16-11-5-4-10-15(14)16;1-7(2,3,4,5)6/h1-12H;/q+1;-1. The molecule has 124 valence electrons. The molecule has 3 aromatic rings. The molecule has 2 aromatic heterocycles. The van der Waals surface area contributed by atoms with Crippen molar-refractivity contribution in [2.24, 2.45) is 0 Å². The number of fused-ring (bicyclic) bond motifs is 1. The molecule has 8 heteroatoms. The second kappa shape index (κ2) is 5.20. The zero-order valence-electron chi connectivity index (χ0n) is 11.6. The molecule has 1 nitrogen and oxygen atoms in total. The van der Waals surface area contributed by atoms with Crippen molar-refractivity contribution >= 4 is 13.3 Å². The topological polar surface area (TPSA) is 4.10 Å². The van der Waals surface area contributed by atoms with E-state index < -0.39 is 7.81 Å². The first-order valence-corrected chi connectivity index (χ1v) is 8.44. The quantitative estimate of drug-likeness (QED) is 0.269. The van der Waals surface area contributed by atoms with Crippen LogP contribution in [0.4, 0.5) is 25.2 Å². The van der Waals surface area contributed by atoms with Crippen LogP contribution >= 0.6 is 7.81 Å². The molecule has 0 amide bonds. The van der Waals surface area contributed by atoms with Crippen LogP contribution < -0.4 is 4.40 Å². The van der Waals surface area contributed by atoms with E-state index in [2.05, 4.69) is 65.3 Å². The van der Waals surface area contributed by atoms with E-state index in [1.165, 1.54) is 16.6 Å². The van der Waals surface area contributed by atoms with Gasteiger partial charge in [-0.1, -0.05) is 30.3 Å². The van der Waals surface area contributed by atoms with Gasteiger partial charge in [0.15, 0.2) is 12.4 Å². The maximum absolute atomic E-state index is 10.7. The van der Waals surface area contributed by atoms with Gasteiger partial charge in [0.05, 0.1) is 5.56 Å². The summed E-state index contributed by atoms with van der Waals surface area (Å²) in [7, 11) is -10.7. The van der Waals surface area contributed by atoms with E-state index in [-0.39, 0.29) is 0 Å². The van der Waals surface area contributed by atoms with Crippen molar-refractivity contribution in [1.82, 2.24) is 0 Å². The van der Waals surface area contributed by atoms with E-state index in [0.717, 1.165) is 0 Å². The van der Waals surface area contributed by atoms with Crippen LogP contribution in [0.25, 0.3) is 16.6 Å². The van der Waals surface area contributed by atoms with Crippen molar-refractivity contribution in [2.45, 2.75) is 0 Å². The molecule has 3 rings (SSSR count). The summed E-state index contributed by atoms with van der Waals surface area (Å²) in [6.45, 7) is 0. The first-order chi connectivity index (χ1) is 10.4. The van der Waals surface area contributed by atoms with Crippen molar-refractivity contribution in [1.29, 1.82) is 0 Å². The van der Waals surface area contributed by atoms with Crippen LogP contribution in [0.15, 0.2) is 73.1 Å². The summed E-state index contributed by atoms with van der Waals surface area (Å²) in [4.78, 5) is 0. The number of pyridine rings is 2. The Kier molecular flexibility index (Phi) is 3.89. The number of rotatable bonds is 1. The van der Waals surface area contributed by atoms with Gasteiger partial charge in [-0.3, -0.25) is 0 Å². The smallest absolute Gasteiger partial charge is 0.167 e. The van der Waals surface area contributed by atoms with Crippen LogP contribution in [0.1, 0.15) is 0 Å². The average molecular weight is 351 g/mol. The third-order valence-corrected chi connectivity index (χ3v) is 2.76. The largest absolute Gasteiger partial charge is 0.218 e. The first kappa shape index (κ1) is 17.2. The molecule has 0 aliphatic carbocycles. The number of hydrogen-bond donors (Lipinski definition) is 0. The molecular weight excluding hydrogens is 339 g/mol. The van der Waals surface area contributed by atoms with Gasteiger partial charge < -0.3 is 0 Å². The molecule has 0 bridgehead atoms. The molecule has 0 fully saturated rings. The maximum atomic E-state index is 9.87. The molecule has 2 heterocycles. The van der Waals surface area contributed by atoms with Crippen LogP contribution in [0.2, 0.25) is 0 Å². The van der Waals surface area contributed by atoms with Crippen LogP contribution in [0.5, 0.6) is 0 Å². The monoisotopic (exact) mass is 351 g/mol. The van der Waals surface area contributed by atoms with Gasteiger partial charge in [0.1, 0.15) is 0 Å². The van der Waals surface area contributed by atoms with Gasteiger partial charge >= 0.3 is 33.0 Å². The maximum Gasteiger partial charge on any atom is 0.218 e. The van der Waals surface area contributed by atoms with Gasteiger partial charge in [-0.25, -0.2) is 0 Å². The van der Waals surface area contributed by atoms with Crippen molar-refractivity contribution in [2.75, 3.05) is 0 Å². The van der Waals surface area contributed by atoms with E-state index in [9.17, 15) is 25.2 Å². The van der Waals surface area contributed by atoms with E-state index in [1.807, 2.05) is 12.1 Å². The van der Waals surface area contributed by atoms with E-state index in [0.29, 0.717) is 0 Å². The Labute approximate surface area is 128 Å². The summed E-state index contributed by atoms with van der Waals surface area (Å²) in [5, 5.41) is 0. The Morgan fingerprint density at radius 3 is 1.74 bits per heavy atom. The number of benzene rings is 1. The predicted molar refractivity (Wildman–Crippen MR) is 78.6 cm³/mol. The Balaban J connectivity index is 0.000000236. The molecule has 0 N–H and O–H groups in total. The molecule has 0 aliphatic rings. The van der Waals surface area contributed by atoms with Crippen LogP contribution in [-0.2, 0) is 0 Å². The Bertz CT molecular complexity index is 799. The first-order valence-electron chi connectivity index (χ1n) is 6.41. The van der Waals surface area contributed by atoms with Crippen molar-refractivity contribution in [3.05, 3.63) is 73.1 Å². The fourth-order valence-electron chi connectivity index (χ4n) is 1.99. The summed E-state index contributed by atoms with van der Waals surface area (Å²) in [5.41, 5.74) is 3.76. The predicted octanol–water partition coefficient (Wildman–Crippen LogP) is 6.47. The zero-order valence-corrected chi connectivity index (χ0v) is 12.5. The molecule has 23 heavy (non-hydrogen) atoms. The summed E-state index contributed by atoms with van der Waals surface area (Å²) in [6.07, 6.45) is 4.14. The van der Waals surface area contributed by atoms with Gasteiger partial charge in [-0.05, 0) is 17.7 Å². The normalized spacial score (nSPS) is 14.3. The Morgan fingerprint density at radius 1 is 0.609 bits per heavy atom. The SMILES string of the molecule is F[P-](F)(F)(F)(F)F.c1ccc(-c2ccc[n+]3ccccc23)cc1. The zero-order chi connectivity index (χ0) is 17.2. The Morgan fingerprint density at radius 2 is 1.13 bits per heavy atom. The summed E-state index contributed by atoms with van der Waals surface area (Å²) < 4.78 is 61.3. The summed E-state index contributed by atoms with van der Waals surface area (Å²) in [5.74, 6) is 0. The number of hydrogen-bond acceptors (Lipinski definition) is 0. The number of halogens is 6. The minimum atomic E-state index is -10.7. The summed E-state index contributed by atoms with van der Waals surface area (Å²) in [6, 6.07) is 21.0. The molecule has 0 saturated carbocycles. The molecule has 0 aliphatic heterocycles. The van der Waals surface area contributed by atoms with Gasteiger partial charge in [-0.15, -0.1) is 0 Å².